The van der Waals surface area contributed by atoms with Crippen LogP contribution in [0.5, 0.6) is 0 Å². The van der Waals surface area contributed by atoms with Gasteiger partial charge < -0.3 is 16.4 Å². The van der Waals surface area contributed by atoms with E-state index in [4.69, 9.17) is 0 Å². The number of aromatic nitrogens is 1. The summed E-state index contributed by atoms with van der Waals surface area (Å²) < 4.78 is 40.1. The molecular formula is C24H18F3KN2O3. The number of halogens is 3. The summed E-state index contributed by atoms with van der Waals surface area (Å²) in [5, 5.41) is 12.7. The maximum absolute atomic E-state index is 13.0. The second-order valence-electron chi connectivity index (χ2n) is 7.24. The molecule has 2 N–H and O–H groups in total. The molecule has 4 rings (SSSR count). The third-order valence-electron chi connectivity index (χ3n) is 5.21. The average molecular weight is 479 g/mol. The summed E-state index contributed by atoms with van der Waals surface area (Å²) in [7, 11) is 1.64. The molecule has 33 heavy (non-hydrogen) atoms. The van der Waals surface area contributed by atoms with Crippen molar-refractivity contribution in [2.75, 3.05) is 5.32 Å². The molecule has 5 nitrogen and oxygen atoms in total. The van der Waals surface area contributed by atoms with Crippen LogP contribution in [0, 0.1) is 0 Å². The van der Waals surface area contributed by atoms with E-state index in [0.717, 1.165) is 12.1 Å². The molecule has 9 heteroatoms. The predicted octanol–water partition coefficient (Wildman–Crippen LogP) is 2.93. The predicted molar refractivity (Wildman–Crippen MR) is 116 cm³/mol. The van der Waals surface area contributed by atoms with Crippen molar-refractivity contribution in [3.05, 3.63) is 89.6 Å². The summed E-state index contributed by atoms with van der Waals surface area (Å²) in [5.74, 6) is -1.49. The molecule has 3 aromatic carbocycles. The number of hydrogen-bond acceptors (Lipinski definition) is 2. The molecule has 164 valence electrons. The maximum Gasteiger partial charge on any atom is 1.00 e. The van der Waals surface area contributed by atoms with Crippen molar-refractivity contribution in [3.8, 4) is 11.1 Å². The zero-order valence-electron chi connectivity index (χ0n) is 18.8. The number of hydrogen-bond donors (Lipinski definition) is 2. The number of rotatable bonds is 4. The minimum absolute atomic E-state index is 0. The summed E-state index contributed by atoms with van der Waals surface area (Å²) in [6, 6.07) is 17.8. The molecule has 4 aromatic rings. The molecule has 0 aliphatic rings. The number of alkyl halides is 3. The summed E-state index contributed by atoms with van der Waals surface area (Å²) in [5.41, 5.74) is 1.79. The van der Waals surface area contributed by atoms with E-state index in [0.29, 0.717) is 33.3 Å². The van der Waals surface area contributed by atoms with Crippen molar-refractivity contribution < 1.29 is 80.7 Å². The Kier molecular flexibility index (Phi) is 7.50. The molecule has 0 radical (unpaired) electrons. The van der Waals surface area contributed by atoms with Crippen LogP contribution in [0.1, 0.15) is 27.8 Å². The van der Waals surface area contributed by atoms with Gasteiger partial charge in [0.2, 0.25) is 0 Å². The number of carboxylic acid groups (broad SMARTS) is 1. The smallest absolute Gasteiger partial charge is 1.00 e. The van der Waals surface area contributed by atoms with E-state index in [2.05, 4.69) is 5.32 Å². The normalized spacial score (nSPS) is 11.2. The topological polar surface area (TPSA) is 71.3 Å². The summed E-state index contributed by atoms with van der Waals surface area (Å²) in [4.78, 5) is 24.3. The van der Waals surface area contributed by atoms with E-state index in [9.17, 15) is 27.9 Å². The van der Waals surface area contributed by atoms with Crippen LogP contribution in [0.2, 0.25) is 0 Å². The second kappa shape index (κ2) is 9.82. The van der Waals surface area contributed by atoms with Crippen molar-refractivity contribution in [1.82, 2.24) is 4.57 Å². The molecule has 0 saturated heterocycles. The maximum atomic E-state index is 13.0. The van der Waals surface area contributed by atoms with Crippen LogP contribution in [-0.4, -0.2) is 21.6 Å². The fourth-order valence-electron chi connectivity index (χ4n) is 3.60. The van der Waals surface area contributed by atoms with Gasteiger partial charge in [-0.1, -0.05) is 30.3 Å². The van der Waals surface area contributed by atoms with Gasteiger partial charge in [0.05, 0.1) is 5.56 Å². The molecule has 1 aromatic heterocycles. The molecule has 0 spiro atoms. The van der Waals surface area contributed by atoms with Gasteiger partial charge >= 0.3 is 63.5 Å². The van der Waals surface area contributed by atoms with Gasteiger partial charge in [-0.05, 0) is 53.6 Å². The largest absolute Gasteiger partial charge is 1.00 e. The van der Waals surface area contributed by atoms with E-state index in [-0.39, 0.29) is 58.5 Å². The first kappa shape index (κ1) is 25.2. The summed E-state index contributed by atoms with van der Waals surface area (Å²) in [6.07, 6.45) is -4.44. The Morgan fingerprint density at radius 2 is 1.64 bits per heavy atom. The van der Waals surface area contributed by atoms with Crippen molar-refractivity contribution in [2.24, 2.45) is 7.05 Å². The van der Waals surface area contributed by atoms with Crippen LogP contribution in [0.4, 0.5) is 18.9 Å². The average Bonchev–Trinajstić information content (AvgIpc) is 3.09. The number of amides is 1. The van der Waals surface area contributed by atoms with E-state index in [1.54, 1.807) is 54.1 Å². The van der Waals surface area contributed by atoms with Gasteiger partial charge in [-0.3, -0.25) is 4.79 Å². The summed E-state index contributed by atoms with van der Waals surface area (Å²) in [6.45, 7) is 0. The van der Waals surface area contributed by atoms with E-state index in [1.807, 2.05) is 0 Å². The van der Waals surface area contributed by atoms with Crippen molar-refractivity contribution in [3.63, 3.8) is 0 Å². The number of anilines is 1. The minimum atomic E-state index is -4.44. The van der Waals surface area contributed by atoms with Crippen LogP contribution >= 0.6 is 0 Å². The molecule has 0 fully saturated rings. The van der Waals surface area contributed by atoms with Gasteiger partial charge in [0.15, 0.2) is 0 Å². The van der Waals surface area contributed by atoms with Gasteiger partial charge in [-0.2, -0.15) is 13.2 Å². The van der Waals surface area contributed by atoms with E-state index < -0.39 is 23.6 Å². The molecule has 1 heterocycles. The number of benzene rings is 3. The first-order valence-corrected chi connectivity index (χ1v) is 9.56. The zero-order chi connectivity index (χ0) is 23.0. The number of carbonyl (C=O) groups is 2. The first-order valence-electron chi connectivity index (χ1n) is 9.56. The molecule has 0 bridgehead atoms. The Balaban J connectivity index is 0.00000204. The SMILES string of the molecule is Cn1c(C(=O)O)cc2cc(NC(=O)c3ccccc3-c3ccc(C(F)(F)F)cc3)ccc21.[H-].[K+]. The van der Waals surface area contributed by atoms with Gasteiger partial charge in [-0.25, -0.2) is 4.79 Å². The number of carbonyl (C=O) groups excluding carboxylic acids is 1. The Labute approximate surface area is 231 Å². The van der Waals surface area contributed by atoms with Crippen molar-refractivity contribution >= 4 is 28.5 Å². The standard InChI is InChI=1S/C24H17F3N2O3.K.H/c1-29-20-11-10-17(12-15(20)13-21(29)23(31)32)28-22(30)19-5-3-2-4-18(19)14-6-8-16(9-7-14)24(25,26)27;;/h2-13H,1H3,(H,28,30)(H,31,32);;/q;+1;-1. The Hall–Kier alpha value is -2.43. The quantitative estimate of drug-likeness (QED) is 0.443. The molecule has 0 atom stereocenters. The van der Waals surface area contributed by atoms with Crippen LogP contribution in [-0.2, 0) is 13.2 Å². The van der Waals surface area contributed by atoms with Gasteiger partial charge in [0.1, 0.15) is 5.69 Å². The number of carboxylic acids is 1. The van der Waals surface area contributed by atoms with Crippen molar-refractivity contribution in [1.29, 1.82) is 0 Å². The molecule has 0 unspecified atom stereocenters. The summed E-state index contributed by atoms with van der Waals surface area (Å²) >= 11 is 0. The third kappa shape index (κ3) is 5.23. The van der Waals surface area contributed by atoms with Crippen molar-refractivity contribution in [2.45, 2.75) is 6.18 Å². The number of aromatic carboxylic acids is 1. The molecule has 0 aliphatic heterocycles. The molecule has 0 aliphatic carbocycles. The van der Waals surface area contributed by atoms with Gasteiger partial charge in [-0.15, -0.1) is 0 Å². The number of nitrogens with one attached hydrogen (secondary N) is 1. The van der Waals surface area contributed by atoms with E-state index in [1.165, 1.54) is 18.2 Å². The second-order valence-corrected chi connectivity index (χ2v) is 7.24. The Morgan fingerprint density at radius 3 is 2.27 bits per heavy atom. The van der Waals surface area contributed by atoms with E-state index >= 15 is 0 Å². The number of fused-ring (bicyclic) bond motifs is 1. The monoisotopic (exact) mass is 478 g/mol. The van der Waals surface area contributed by atoms with Gasteiger partial charge in [0.25, 0.3) is 5.91 Å². The fraction of sp³-hybridized carbons (Fsp3) is 0.0833. The Bertz CT molecular complexity index is 1350. The van der Waals surface area contributed by atoms with Crippen LogP contribution in [0.15, 0.2) is 72.8 Å². The minimum Gasteiger partial charge on any atom is -1.00 e. The number of aryl methyl sites for hydroxylation is 1. The fourth-order valence-corrected chi connectivity index (χ4v) is 3.60. The van der Waals surface area contributed by atoms with Crippen LogP contribution in [0.3, 0.4) is 0 Å². The van der Waals surface area contributed by atoms with Crippen LogP contribution < -0.4 is 56.7 Å². The molecule has 1 amide bonds. The third-order valence-corrected chi connectivity index (χ3v) is 5.21. The van der Waals surface area contributed by atoms with Gasteiger partial charge in [0, 0.05) is 29.2 Å². The molecular weight excluding hydrogens is 460 g/mol. The molecule has 0 saturated carbocycles. The zero-order valence-corrected chi connectivity index (χ0v) is 20.9. The number of nitrogens with zero attached hydrogens (tertiary/aromatic N) is 1. The Morgan fingerprint density at radius 1 is 0.970 bits per heavy atom. The first-order chi connectivity index (χ1) is 15.1. The van der Waals surface area contributed by atoms with Crippen LogP contribution in [0.25, 0.3) is 22.0 Å².